The van der Waals surface area contributed by atoms with Gasteiger partial charge in [0.05, 0.1) is 18.8 Å². The van der Waals surface area contributed by atoms with E-state index in [-0.39, 0.29) is 5.56 Å². The summed E-state index contributed by atoms with van der Waals surface area (Å²) >= 11 is 5.79. The highest BCUT2D eigenvalue weighted by molar-refractivity contribution is 6.30. The molecule has 7 nitrogen and oxygen atoms in total. The number of aromatic nitrogens is 2. The Kier molecular flexibility index (Phi) is 5.13. The summed E-state index contributed by atoms with van der Waals surface area (Å²) in [5.74, 6) is -0.489. The Bertz CT molecular complexity index is 793. The molecule has 0 bridgehead atoms. The van der Waals surface area contributed by atoms with Crippen molar-refractivity contribution >= 4 is 17.8 Å². The van der Waals surface area contributed by atoms with Crippen LogP contribution in [0.1, 0.15) is 5.56 Å². The SMILES string of the molecule is COCCN=Cc1c(O)n(-c2ccc(Cl)cc2)c(=O)[nH]c1=O. The van der Waals surface area contributed by atoms with Crippen LogP contribution in [0.4, 0.5) is 0 Å². The van der Waals surface area contributed by atoms with Crippen molar-refractivity contribution in [3.05, 3.63) is 55.7 Å². The van der Waals surface area contributed by atoms with Crippen molar-refractivity contribution in [1.29, 1.82) is 0 Å². The molecule has 0 aliphatic heterocycles. The van der Waals surface area contributed by atoms with Crippen molar-refractivity contribution in [3.8, 4) is 11.6 Å². The zero-order valence-electron chi connectivity index (χ0n) is 11.7. The van der Waals surface area contributed by atoms with Crippen LogP contribution in [0, 0.1) is 0 Å². The maximum Gasteiger partial charge on any atom is 0.335 e. The van der Waals surface area contributed by atoms with Crippen LogP contribution >= 0.6 is 11.6 Å². The van der Waals surface area contributed by atoms with Gasteiger partial charge in [-0.1, -0.05) is 11.6 Å². The molecule has 2 N–H and O–H groups in total. The molecule has 0 radical (unpaired) electrons. The largest absolute Gasteiger partial charge is 0.493 e. The summed E-state index contributed by atoms with van der Waals surface area (Å²) in [5.41, 5.74) is -1.20. The Morgan fingerprint density at radius 2 is 2.05 bits per heavy atom. The second-order valence-corrected chi connectivity index (χ2v) is 4.77. The summed E-state index contributed by atoms with van der Waals surface area (Å²) in [5, 5.41) is 10.7. The zero-order chi connectivity index (χ0) is 16.1. The van der Waals surface area contributed by atoms with Crippen molar-refractivity contribution in [2.24, 2.45) is 4.99 Å². The number of aliphatic imine (C=N–C) groups is 1. The van der Waals surface area contributed by atoms with Gasteiger partial charge in [0.25, 0.3) is 5.56 Å². The van der Waals surface area contributed by atoms with E-state index in [1.165, 1.54) is 13.3 Å². The molecule has 0 amide bonds. The summed E-state index contributed by atoms with van der Waals surface area (Å²) in [6.07, 6.45) is 1.21. The lowest BCUT2D eigenvalue weighted by Gasteiger charge is -2.09. The molecule has 0 aliphatic rings. The number of benzene rings is 1. The highest BCUT2D eigenvalue weighted by Gasteiger charge is 2.13. The number of H-pyrrole nitrogens is 1. The normalized spacial score (nSPS) is 11.2. The zero-order valence-corrected chi connectivity index (χ0v) is 12.5. The summed E-state index contributed by atoms with van der Waals surface area (Å²) in [7, 11) is 1.53. The standard InChI is InChI=1S/C14H14ClN3O4/c1-22-7-6-16-8-11-12(19)17-14(21)18(13(11)20)10-4-2-9(15)3-5-10/h2-5,8,20H,6-7H2,1H3,(H,17,19,21). The second-order valence-electron chi connectivity index (χ2n) is 4.34. The van der Waals surface area contributed by atoms with Gasteiger partial charge in [-0.2, -0.15) is 0 Å². The van der Waals surface area contributed by atoms with Crippen LogP contribution in [0.25, 0.3) is 5.69 Å². The Hall–Kier alpha value is -2.38. The molecule has 0 aliphatic carbocycles. The van der Waals surface area contributed by atoms with E-state index in [9.17, 15) is 14.7 Å². The molecule has 8 heteroatoms. The number of halogens is 1. The van der Waals surface area contributed by atoms with Gasteiger partial charge in [-0.05, 0) is 24.3 Å². The first kappa shape index (κ1) is 16.0. The van der Waals surface area contributed by atoms with E-state index in [1.807, 2.05) is 0 Å². The topological polar surface area (TPSA) is 96.7 Å². The number of rotatable bonds is 5. The van der Waals surface area contributed by atoms with Crippen molar-refractivity contribution in [2.75, 3.05) is 20.3 Å². The fourth-order valence-corrected chi connectivity index (χ4v) is 1.91. The van der Waals surface area contributed by atoms with Crippen LogP contribution in [-0.4, -0.2) is 41.1 Å². The van der Waals surface area contributed by atoms with E-state index in [0.717, 1.165) is 4.57 Å². The molecule has 0 saturated heterocycles. The predicted molar refractivity (Wildman–Crippen MR) is 83.7 cm³/mol. The van der Waals surface area contributed by atoms with Crippen molar-refractivity contribution in [1.82, 2.24) is 9.55 Å². The molecule has 2 rings (SSSR count). The summed E-state index contributed by atoms with van der Waals surface area (Å²) in [6.45, 7) is 0.710. The number of hydrogen-bond acceptors (Lipinski definition) is 5. The van der Waals surface area contributed by atoms with Gasteiger partial charge in [-0.15, -0.1) is 0 Å². The van der Waals surface area contributed by atoms with Gasteiger partial charge in [0.1, 0.15) is 5.56 Å². The van der Waals surface area contributed by atoms with E-state index >= 15 is 0 Å². The lowest BCUT2D eigenvalue weighted by atomic mass is 10.3. The first-order chi connectivity index (χ1) is 10.5. The van der Waals surface area contributed by atoms with E-state index in [2.05, 4.69) is 9.98 Å². The van der Waals surface area contributed by atoms with E-state index in [0.29, 0.717) is 23.9 Å². The lowest BCUT2D eigenvalue weighted by molar-refractivity contribution is 0.208. The highest BCUT2D eigenvalue weighted by Crippen LogP contribution is 2.17. The fraction of sp³-hybridized carbons (Fsp3) is 0.214. The minimum Gasteiger partial charge on any atom is -0.493 e. The third kappa shape index (κ3) is 3.44. The number of aromatic amines is 1. The molecule has 0 fully saturated rings. The van der Waals surface area contributed by atoms with Crippen LogP contribution < -0.4 is 11.2 Å². The molecule has 22 heavy (non-hydrogen) atoms. The van der Waals surface area contributed by atoms with Crippen LogP contribution in [0.3, 0.4) is 0 Å². The van der Waals surface area contributed by atoms with Crippen molar-refractivity contribution < 1.29 is 9.84 Å². The third-order valence-corrected chi connectivity index (χ3v) is 3.10. The minimum atomic E-state index is -0.751. The average Bonchev–Trinajstić information content (AvgIpc) is 2.48. The highest BCUT2D eigenvalue weighted by atomic mass is 35.5. The summed E-state index contributed by atoms with van der Waals surface area (Å²) < 4.78 is 5.80. The quantitative estimate of drug-likeness (QED) is 0.632. The van der Waals surface area contributed by atoms with Gasteiger partial charge < -0.3 is 9.84 Å². The summed E-state index contributed by atoms with van der Waals surface area (Å²) in [6, 6.07) is 6.24. The smallest absolute Gasteiger partial charge is 0.335 e. The van der Waals surface area contributed by atoms with Gasteiger partial charge in [0.15, 0.2) is 0 Å². The Morgan fingerprint density at radius 1 is 1.36 bits per heavy atom. The molecule has 116 valence electrons. The number of nitrogens with zero attached hydrogens (tertiary/aromatic N) is 2. The second kappa shape index (κ2) is 7.06. The average molecular weight is 324 g/mol. The minimum absolute atomic E-state index is 0.106. The van der Waals surface area contributed by atoms with E-state index in [4.69, 9.17) is 16.3 Å². The van der Waals surface area contributed by atoms with E-state index in [1.54, 1.807) is 24.3 Å². The number of aromatic hydroxyl groups is 1. The molecular formula is C14H14ClN3O4. The van der Waals surface area contributed by atoms with Gasteiger partial charge in [-0.3, -0.25) is 14.8 Å². The number of methoxy groups -OCH3 is 1. The first-order valence-corrected chi connectivity index (χ1v) is 6.75. The van der Waals surface area contributed by atoms with Crippen LogP contribution in [0.5, 0.6) is 5.88 Å². The maximum absolute atomic E-state index is 11.9. The number of ether oxygens (including phenoxy) is 1. The Balaban J connectivity index is 2.51. The molecule has 1 heterocycles. The Labute approximate surface area is 130 Å². The summed E-state index contributed by atoms with van der Waals surface area (Å²) in [4.78, 5) is 29.8. The molecule has 0 spiro atoms. The lowest BCUT2D eigenvalue weighted by Crippen LogP contribution is -2.31. The predicted octanol–water partition coefficient (Wildman–Crippen LogP) is 0.950. The molecule has 2 aromatic rings. The van der Waals surface area contributed by atoms with Gasteiger partial charge in [0, 0.05) is 18.3 Å². The molecule has 1 aromatic heterocycles. The van der Waals surface area contributed by atoms with Crippen molar-refractivity contribution in [2.45, 2.75) is 0 Å². The third-order valence-electron chi connectivity index (χ3n) is 2.85. The molecular weight excluding hydrogens is 310 g/mol. The number of hydrogen-bond donors (Lipinski definition) is 2. The Morgan fingerprint density at radius 3 is 2.68 bits per heavy atom. The molecule has 1 aromatic carbocycles. The molecule has 0 unspecified atom stereocenters. The van der Waals surface area contributed by atoms with Gasteiger partial charge in [0.2, 0.25) is 5.88 Å². The molecule has 0 saturated carbocycles. The van der Waals surface area contributed by atoms with Crippen LogP contribution in [0.2, 0.25) is 5.02 Å². The number of nitrogens with one attached hydrogen (secondary N) is 1. The van der Waals surface area contributed by atoms with E-state index < -0.39 is 17.1 Å². The van der Waals surface area contributed by atoms with Crippen molar-refractivity contribution in [3.63, 3.8) is 0 Å². The van der Waals surface area contributed by atoms with Crippen LogP contribution in [-0.2, 0) is 4.74 Å². The molecule has 0 atom stereocenters. The fourth-order valence-electron chi connectivity index (χ4n) is 1.78. The monoisotopic (exact) mass is 323 g/mol. The van der Waals surface area contributed by atoms with Gasteiger partial charge in [-0.25, -0.2) is 9.36 Å². The van der Waals surface area contributed by atoms with Crippen LogP contribution in [0.15, 0.2) is 38.8 Å². The first-order valence-electron chi connectivity index (χ1n) is 6.37. The maximum atomic E-state index is 11.9. The van der Waals surface area contributed by atoms with Gasteiger partial charge >= 0.3 is 5.69 Å².